The molecule has 0 bridgehead atoms. The number of amides is 1. The molecule has 142 valence electrons. The summed E-state index contributed by atoms with van der Waals surface area (Å²) in [6, 6.07) is 7.99. The van der Waals surface area contributed by atoms with Gasteiger partial charge >= 0.3 is 0 Å². The van der Waals surface area contributed by atoms with Crippen LogP contribution in [0.3, 0.4) is 0 Å². The molecule has 0 aliphatic carbocycles. The number of likely N-dealkylation sites (N-methyl/N-ethyl adjacent to an activating group) is 1. The number of rotatable bonds is 1. The summed E-state index contributed by atoms with van der Waals surface area (Å²) in [5.74, 6) is 5.69. The third kappa shape index (κ3) is 3.75. The molecule has 5 nitrogen and oxygen atoms in total. The minimum atomic E-state index is -0.322. The summed E-state index contributed by atoms with van der Waals surface area (Å²) >= 11 is 0. The first kappa shape index (κ1) is 18.2. The highest BCUT2D eigenvalue weighted by atomic mass is 19.1. The number of nitrogens with zero attached hydrogens (tertiary/aromatic N) is 4. The summed E-state index contributed by atoms with van der Waals surface area (Å²) in [5, 5.41) is 0. The number of carbonyl (C=O) groups excluding carboxylic acids is 1. The van der Waals surface area contributed by atoms with E-state index in [1.54, 1.807) is 12.1 Å². The highest BCUT2D eigenvalue weighted by molar-refractivity contribution is 5.96. The Bertz CT molecular complexity index is 1100. The molecule has 1 amide bonds. The Kier molecular flexibility index (Phi) is 4.84. The fourth-order valence-electron chi connectivity index (χ4n) is 3.34. The van der Waals surface area contributed by atoms with Crippen LogP contribution in [0.5, 0.6) is 0 Å². The van der Waals surface area contributed by atoms with Gasteiger partial charge in [0.05, 0.1) is 16.8 Å². The van der Waals surface area contributed by atoms with Crippen molar-refractivity contribution in [2.75, 3.05) is 33.2 Å². The van der Waals surface area contributed by atoms with Gasteiger partial charge in [0.15, 0.2) is 0 Å². The molecule has 1 aliphatic rings. The zero-order chi connectivity index (χ0) is 19.7. The average molecular weight is 376 g/mol. The van der Waals surface area contributed by atoms with Crippen LogP contribution >= 0.6 is 0 Å². The standard InChI is InChI=1S/C22H21FN4O/c1-16-14-27-15-18(22(28)26-10-8-25(2)9-11-26)13-21(27)20(24-16)7-6-17-4-3-5-19(23)12-17/h3-5,12-15H,8-11H2,1-2H3. The van der Waals surface area contributed by atoms with Crippen molar-refractivity contribution in [1.29, 1.82) is 0 Å². The Morgan fingerprint density at radius 3 is 2.64 bits per heavy atom. The lowest BCUT2D eigenvalue weighted by Gasteiger charge is -2.32. The van der Waals surface area contributed by atoms with Gasteiger partial charge in [0.1, 0.15) is 11.5 Å². The van der Waals surface area contributed by atoms with Gasteiger partial charge in [0, 0.05) is 44.1 Å². The van der Waals surface area contributed by atoms with E-state index in [1.165, 1.54) is 12.1 Å². The zero-order valence-electron chi connectivity index (χ0n) is 15.9. The summed E-state index contributed by atoms with van der Waals surface area (Å²) in [6.45, 7) is 5.10. The van der Waals surface area contributed by atoms with Crippen LogP contribution in [0.1, 0.15) is 27.3 Å². The maximum atomic E-state index is 13.4. The number of aryl methyl sites for hydroxylation is 1. The monoisotopic (exact) mass is 376 g/mol. The molecule has 6 heteroatoms. The van der Waals surface area contributed by atoms with Crippen molar-refractivity contribution < 1.29 is 9.18 Å². The second-order valence-corrected chi connectivity index (χ2v) is 7.11. The topological polar surface area (TPSA) is 40.9 Å². The van der Waals surface area contributed by atoms with Gasteiger partial charge in [-0.05, 0) is 44.2 Å². The van der Waals surface area contributed by atoms with Crippen LogP contribution in [0.4, 0.5) is 4.39 Å². The van der Waals surface area contributed by atoms with Gasteiger partial charge in [0.25, 0.3) is 5.91 Å². The number of benzene rings is 1. The molecule has 0 radical (unpaired) electrons. The van der Waals surface area contributed by atoms with Gasteiger partial charge in [0.2, 0.25) is 0 Å². The number of hydrogen-bond donors (Lipinski definition) is 0. The second kappa shape index (κ2) is 7.45. The molecule has 4 rings (SSSR count). The lowest BCUT2D eigenvalue weighted by molar-refractivity contribution is 0.0664. The Balaban J connectivity index is 1.68. The SMILES string of the molecule is Cc1cn2cc(C(=O)N3CCN(C)CC3)cc2c(C#Cc2cccc(F)c2)n1. The van der Waals surface area contributed by atoms with Crippen LogP contribution in [0.25, 0.3) is 5.52 Å². The second-order valence-electron chi connectivity index (χ2n) is 7.11. The smallest absolute Gasteiger partial charge is 0.255 e. The number of fused-ring (bicyclic) bond motifs is 1. The van der Waals surface area contributed by atoms with Crippen LogP contribution in [0.2, 0.25) is 0 Å². The van der Waals surface area contributed by atoms with Crippen LogP contribution < -0.4 is 0 Å². The molecule has 0 spiro atoms. The van der Waals surface area contributed by atoms with Crippen molar-refractivity contribution in [3.63, 3.8) is 0 Å². The molecule has 2 aromatic heterocycles. The number of piperazine rings is 1. The van der Waals surface area contributed by atoms with E-state index in [1.807, 2.05) is 34.7 Å². The number of halogens is 1. The largest absolute Gasteiger partial charge is 0.336 e. The maximum Gasteiger partial charge on any atom is 0.255 e. The van der Waals surface area contributed by atoms with Crippen LogP contribution in [0.15, 0.2) is 42.7 Å². The van der Waals surface area contributed by atoms with E-state index >= 15 is 0 Å². The normalized spacial score (nSPS) is 14.8. The molecule has 1 fully saturated rings. The Morgan fingerprint density at radius 1 is 1.11 bits per heavy atom. The predicted octanol–water partition coefficient (Wildman–Crippen LogP) is 2.57. The van der Waals surface area contributed by atoms with E-state index in [4.69, 9.17) is 0 Å². The molecule has 0 atom stereocenters. The summed E-state index contributed by atoms with van der Waals surface area (Å²) in [4.78, 5) is 21.5. The Labute approximate surface area is 163 Å². The summed E-state index contributed by atoms with van der Waals surface area (Å²) in [5.41, 5.74) is 3.35. The number of hydrogen-bond acceptors (Lipinski definition) is 3. The van der Waals surface area contributed by atoms with Gasteiger partial charge in [-0.1, -0.05) is 12.0 Å². The molecule has 1 aliphatic heterocycles. The average Bonchev–Trinajstić information content (AvgIpc) is 3.10. The van der Waals surface area contributed by atoms with Crippen LogP contribution in [-0.4, -0.2) is 58.3 Å². The highest BCUT2D eigenvalue weighted by Crippen LogP contribution is 2.17. The minimum Gasteiger partial charge on any atom is -0.336 e. The van der Waals surface area contributed by atoms with Gasteiger partial charge in [-0.2, -0.15) is 0 Å². The van der Waals surface area contributed by atoms with Crippen molar-refractivity contribution in [3.05, 3.63) is 71.1 Å². The number of aromatic nitrogens is 2. The third-order valence-electron chi connectivity index (χ3n) is 4.89. The molecular formula is C22H21FN4O. The quantitative estimate of drug-likeness (QED) is 0.613. The molecule has 28 heavy (non-hydrogen) atoms. The third-order valence-corrected chi connectivity index (χ3v) is 4.89. The molecular weight excluding hydrogens is 355 g/mol. The molecule has 0 saturated carbocycles. The van der Waals surface area contributed by atoms with E-state index in [9.17, 15) is 9.18 Å². The van der Waals surface area contributed by atoms with Gasteiger partial charge in [-0.3, -0.25) is 4.79 Å². The lowest BCUT2D eigenvalue weighted by Crippen LogP contribution is -2.47. The van der Waals surface area contributed by atoms with Crippen LogP contribution in [-0.2, 0) is 0 Å². The first-order chi connectivity index (χ1) is 13.5. The summed E-state index contributed by atoms with van der Waals surface area (Å²) < 4.78 is 15.3. The molecule has 3 aromatic rings. The lowest BCUT2D eigenvalue weighted by atomic mass is 10.2. The zero-order valence-corrected chi connectivity index (χ0v) is 15.9. The van der Waals surface area contributed by atoms with E-state index in [2.05, 4.69) is 28.8 Å². The molecule has 1 aromatic carbocycles. The molecule has 3 heterocycles. The summed E-state index contributed by atoms with van der Waals surface area (Å²) in [7, 11) is 2.06. The van der Waals surface area contributed by atoms with Gasteiger partial charge < -0.3 is 14.2 Å². The Morgan fingerprint density at radius 2 is 1.89 bits per heavy atom. The maximum absolute atomic E-state index is 13.4. The number of carbonyl (C=O) groups is 1. The van der Waals surface area contributed by atoms with Crippen molar-refractivity contribution >= 4 is 11.4 Å². The Hall–Kier alpha value is -3.17. The molecule has 1 saturated heterocycles. The predicted molar refractivity (Wildman–Crippen MR) is 106 cm³/mol. The van der Waals surface area contributed by atoms with Crippen molar-refractivity contribution in [1.82, 2.24) is 19.2 Å². The van der Waals surface area contributed by atoms with Crippen molar-refractivity contribution in [2.45, 2.75) is 6.92 Å². The summed E-state index contributed by atoms with van der Waals surface area (Å²) in [6.07, 6.45) is 3.71. The van der Waals surface area contributed by atoms with Crippen molar-refractivity contribution in [2.24, 2.45) is 0 Å². The van der Waals surface area contributed by atoms with Crippen molar-refractivity contribution in [3.8, 4) is 11.8 Å². The fraction of sp³-hybridized carbons (Fsp3) is 0.273. The van der Waals surface area contributed by atoms with Gasteiger partial charge in [-0.25, -0.2) is 9.37 Å². The molecule has 0 unspecified atom stereocenters. The highest BCUT2D eigenvalue weighted by Gasteiger charge is 2.22. The first-order valence-electron chi connectivity index (χ1n) is 9.24. The van der Waals surface area contributed by atoms with E-state index in [-0.39, 0.29) is 11.7 Å². The van der Waals surface area contributed by atoms with Crippen LogP contribution in [0, 0.1) is 24.6 Å². The molecule has 0 N–H and O–H groups in total. The van der Waals surface area contributed by atoms with E-state index < -0.39 is 0 Å². The van der Waals surface area contributed by atoms with E-state index in [0.717, 1.165) is 37.4 Å². The minimum absolute atomic E-state index is 0.0264. The first-order valence-corrected chi connectivity index (χ1v) is 9.24. The van der Waals surface area contributed by atoms with E-state index in [0.29, 0.717) is 16.8 Å². The fourth-order valence-corrected chi connectivity index (χ4v) is 3.34. The van der Waals surface area contributed by atoms with Gasteiger partial charge in [-0.15, -0.1) is 0 Å².